The molecule has 12 nitrogen and oxygen atoms in total. The van der Waals surface area contributed by atoms with Crippen LogP contribution in [0.1, 0.15) is 57.7 Å². The number of likely N-dealkylation sites (N-methyl/N-ethyl adjacent to an activating group) is 1. The Morgan fingerprint density at radius 2 is 1.88 bits per heavy atom. The average molecular weight is 685 g/mol. The monoisotopic (exact) mass is 684 g/mol. The molecule has 1 aromatic rings. The second-order valence-corrected chi connectivity index (χ2v) is 15.9. The lowest BCUT2D eigenvalue weighted by molar-refractivity contribution is -0.320. The van der Waals surface area contributed by atoms with E-state index in [0.29, 0.717) is 25.9 Å². The molecule has 14 atom stereocenters. The van der Waals surface area contributed by atoms with Gasteiger partial charge in [-0.3, -0.25) is 14.5 Å². The number of imide groups is 1. The SMILES string of the molecule is [3H]c1cccc(N2C(=O)C[C@H](C)C2=O)c1C(=O)OC[C@@]12CC[C@H](OC)[C@@]34[C@@H]5C[C@H]6[C@H](OC)[C@@H]5[C@](O)(C[C@@H]6OC)[C@](O)([C@@H](OC)[C@H]13)[C@H]4N(CC)C2. The number of carbonyl (C=O) groups is 3. The third-order valence-electron chi connectivity index (χ3n) is 14.4. The lowest BCUT2D eigenvalue weighted by Gasteiger charge is -2.70. The predicted molar refractivity (Wildman–Crippen MR) is 174 cm³/mol. The number of aliphatic hydroxyl groups is 2. The fraction of sp³-hybridized carbons (Fsp3) is 0.757. The van der Waals surface area contributed by atoms with E-state index in [9.17, 15) is 24.6 Å². The Kier molecular flexibility index (Phi) is 7.47. The first-order valence-corrected chi connectivity index (χ1v) is 17.8. The van der Waals surface area contributed by atoms with Gasteiger partial charge in [-0.25, -0.2) is 9.69 Å². The summed E-state index contributed by atoms with van der Waals surface area (Å²) in [7, 11) is 6.64. The highest BCUT2D eigenvalue weighted by molar-refractivity contribution is 6.22. The van der Waals surface area contributed by atoms with Crippen LogP contribution in [0.3, 0.4) is 0 Å². The van der Waals surface area contributed by atoms with Crippen molar-refractivity contribution in [1.82, 2.24) is 4.90 Å². The second-order valence-electron chi connectivity index (χ2n) is 15.9. The maximum absolute atomic E-state index is 14.2. The maximum Gasteiger partial charge on any atom is 0.340 e. The molecule has 1 aromatic carbocycles. The van der Waals surface area contributed by atoms with Crippen LogP contribution in [0, 0.1) is 40.4 Å². The molecule has 0 unspecified atom stereocenters. The number of rotatable bonds is 9. The lowest BCUT2D eigenvalue weighted by Crippen LogP contribution is -2.82. The molecular weight excluding hydrogens is 632 g/mol. The maximum atomic E-state index is 14.2. The number of nitrogens with zero attached hydrogens (tertiary/aromatic N) is 2. The molecule has 2 saturated heterocycles. The van der Waals surface area contributed by atoms with Crippen molar-refractivity contribution in [3.05, 3.63) is 29.8 Å². The first kappa shape index (κ1) is 32.5. The predicted octanol–water partition coefficient (Wildman–Crippen LogP) is 2.04. The van der Waals surface area contributed by atoms with E-state index in [4.69, 9.17) is 25.1 Å². The Bertz CT molecular complexity index is 1610. The van der Waals surface area contributed by atoms with E-state index in [0.717, 1.165) is 11.3 Å². The number of hydrogen-bond donors (Lipinski definition) is 2. The number of methoxy groups -OCH3 is 4. The number of likely N-dealkylation sites (tertiary alicyclic amines) is 1. The molecule has 49 heavy (non-hydrogen) atoms. The molecule has 7 fully saturated rings. The van der Waals surface area contributed by atoms with Crippen LogP contribution in [0.15, 0.2) is 24.2 Å². The zero-order chi connectivity index (χ0) is 35.7. The fourth-order valence-electron chi connectivity index (χ4n) is 13.1. The Balaban J connectivity index is 1.24. The number of para-hydroxylation sites is 1. The van der Waals surface area contributed by atoms with Gasteiger partial charge < -0.3 is 33.9 Å². The summed E-state index contributed by atoms with van der Waals surface area (Å²) in [6, 6.07) is 3.86. The summed E-state index contributed by atoms with van der Waals surface area (Å²) >= 11 is 0. The van der Waals surface area contributed by atoms with Crippen LogP contribution in [0.2, 0.25) is 0 Å². The van der Waals surface area contributed by atoms with Crippen molar-refractivity contribution >= 4 is 23.5 Å². The van der Waals surface area contributed by atoms with Crippen molar-refractivity contribution in [2.24, 2.45) is 40.4 Å². The van der Waals surface area contributed by atoms with Crippen LogP contribution in [0.25, 0.3) is 0 Å². The molecule has 5 aliphatic carbocycles. The highest BCUT2D eigenvalue weighted by atomic mass is 16.5. The molecule has 0 radical (unpaired) electrons. The average Bonchev–Trinajstić information content (AvgIpc) is 3.63. The summed E-state index contributed by atoms with van der Waals surface area (Å²) in [4.78, 5) is 43.4. The van der Waals surface area contributed by atoms with E-state index in [-0.39, 0.29) is 72.8 Å². The molecule has 5 saturated carbocycles. The van der Waals surface area contributed by atoms with Crippen LogP contribution in [-0.4, -0.2) is 123 Å². The minimum absolute atomic E-state index is 0.0201. The van der Waals surface area contributed by atoms with Crippen LogP contribution >= 0.6 is 0 Å². The van der Waals surface area contributed by atoms with Gasteiger partial charge in [-0.1, -0.05) is 26.0 Å². The number of fused-ring (bicyclic) bond motifs is 2. The Hall–Kier alpha value is -2.45. The van der Waals surface area contributed by atoms with Crippen molar-refractivity contribution in [2.45, 2.75) is 87.6 Å². The van der Waals surface area contributed by atoms with Crippen LogP contribution < -0.4 is 4.90 Å². The first-order chi connectivity index (χ1) is 23.9. The normalized spacial score (nSPS) is 48.2. The van der Waals surface area contributed by atoms with Crippen molar-refractivity contribution in [3.8, 4) is 0 Å². The summed E-state index contributed by atoms with van der Waals surface area (Å²) in [5.74, 6) is -3.00. The van der Waals surface area contributed by atoms with E-state index in [1.54, 1.807) is 41.4 Å². The fourth-order valence-corrected chi connectivity index (χ4v) is 13.1. The molecule has 12 heteroatoms. The quantitative estimate of drug-likeness (QED) is 0.291. The van der Waals surface area contributed by atoms with Gasteiger partial charge in [0.1, 0.15) is 11.2 Å². The number of carbonyl (C=O) groups excluding carboxylic acids is 3. The van der Waals surface area contributed by atoms with Crippen molar-refractivity contribution in [1.29, 1.82) is 0 Å². The number of benzene rings is 1. The smallest absolute Gasteiger partial charge is 0.340 e. The van der Waals surface area contributed by atoms with Crippen molar-refractivity contribution in [3.63, 3.8) is 0 Å². The van der Waals surface area contributed by atoms with Gasteiger partial charge in [0.05, 0.1) is 49.7 Å². The highest BCUT2D eigenvalue weighted by Gasteiger charge is 2.91. The summed E-state index contributed by atoms with van der Waals surface area (Å²) in [5.41, 5.74) is -4.80. The minimum Gasteiger partial charge on any atom is -0.461 e. The standard InChI is InChI=1S/C37H50N2O10/c1-7-38-17-34(18-49-32(42)20-10-8-9-11-23(20)39-26(40)14-19(2)31(39)41)13-12-25(46-4)36-22-15-21-24(45-3)16-35(43,27(22)28(21)47-5)37(44,33(36)38)30(48-6)29(34)36/h8-11,19,21-22,24-25,27-30,33,43-44H,7,12-18H2,1-6H3/t19-,21+,22+,24-,25-,27+,28-,29+,30-,33-,34-,35+,36-,37-/m0/s1/i10T. The molecule has 8 rings (SSSR count). The Morgan fingerprint density at radius 1 is 1.10 bits per heavy atom. The van der Waals surface area contributed by atoms with Gasteiger partial charge in [0.25, 0.3) is 0 Å². The molecule has 2 amide bonds. The third-order valence-corrected chi connectivity index (χ3v) is 14.4. The Labute approximate surface area is 288 Å². The number of piperidine rings is 1. The summed E-state index contributed by atoms with van der Waals surface area (Å²) in [5, 5.41) is 26.6. The van der Waals surface area contributed by atoms with E-state index >= 15 is 0 Å². The van der Waals surface area contributed by atoms with Crippen LogP contribution in [0.4, 0.5) is 5.69 Å². The molecule has 268 valence electrons. The molecule has 2 N–H and O–H groups in total. The first-order valence-electron chi connectivity index (χ1n) is 18.3. The zero-order valence-corrected chi connectivity index (χ0v) is 29.2. The van der Waals surface area contributed by atoms with Gasteiger partial charge in [-0.2, -0.15) is 0 Å². The topological polar surface area (TPSA) is 144 Å². The van der Waals surface area contributed by atoms with Gasteiger partial charge in [0.2, 0.25) is 11.8 Å². The number of anilines is 1. The van der Waals surface area contributed by atoms with Gasteiger partial charge in [0.15, 0.2) is 0 Å². The molecule has 2 aliphatic heterocycles. The largest absolute Gasteiger partial charge is 0.461 e. The summed E-state index contributed by atoms with van der Waals surface area (Å²) in [6.45, 7) is 4.72. The van der Waals surface area contributed by atoms with Gasteiger partial charge in [0, 0.05) is 82.3 Å². The van der Waals surface area contributed by atoms with E-state index < -0.39 is 63.8 Å². The van der Waals surface area contributed by atoms with Gasteiger partial charge in [-0.15, -0.1) is 0 Å². The molecular formula is C37H50N2O10. The van der Waals surface area contributed by atoms with E-state index in [2.05, 4.69) is 4.90 Å². The van der Waals surface area contributed by atoms with Crippen molar-refractivity contribution < 1.29 is 49.7 Å². The number of amides is 2. The zero-order valence-electron chi connectivity index (χ0n) is 30.2. The van der Waals surface area contributed by atoms with Crippen molar-refractivity contribution in [2.75, 3.05) is 53.0 Å². The van der Waals surface area contributed by atoms with Crippen LogP contribution in [0.5, 0.6) is 0 Å². The van der Waals surface area contributed by atoms with E-state index in [1.807, 2.05) is 6.92 Å². The summed E-state index contributed by atoms with van der Waals surface area (Å²) in [6.07, 6.45) is 0.503. The lowest BCUT2D eigenvalue weighted by atomic mass is 9.42. The van der Waals surface area contributed by atoms with Gasteiger partial charge >= 0.3 is 5.97 Å². The van der Waals surface area contributed by atoms with Crippen LogP contribution in [-0.2, 0) is 33.3 Å². The van der Waals surface area contributed by atoms with Gasteiger partial charge in [-0.05, 0) is 43.8 Å². The molecule has 7 aliphatic rings. The van der Waals surface area contributed by atoms with E-state index in [1.165, 1.54) is 12.1 Å². The highest BCUT2D eigenvalue weighted by Crippen LogP contribution is 2.80. The molecule has 7 bridgehead atoms. The number of esters is 1. The number of hydrogen-bond acceptors (Lipinski definition) is 11. The molecule has 2 heterocycles. The number of ether oxygens (including phenoxy) is 5. The summed E-state index contributed by atoms with van der Waals surface area (Å²) < 4.78 is 40.0. The second kappa shape index (κ2) is 11.3. The molecule has 1 spiro atoms. The minimum atomic E-state index is -1.73. The molecule has 0 aromatic heterocycles. The Morgan fingerprint density at radius 3 is 2.51 bits per heavy atom. The third kappa shape index (κ3) is 3.86.